The van der Waals surface area contributed by atoms with Gasteiger partial charge in [0.05, 0.1) is 12.0 Å². The van der Waals surface area contributed by atoms with Crippen LogP contribution in [0.4, 0.5) is 10.1 Å². The van der Waals surface area contributed by atoms with Crippen LogP contribution in [0.15, 0.2) is 72.8 Å². The van der Waals surface area contributed by atoms with Gasteiger partial charge in [0.2, 0.25) is 14.2 Å². The number of hydrogen-bond donors (Lipinski definition) is 0. The monoisotopic (exact) mass is 673 g/mol. The Balaban J connectivity index is 1.59. The number of halogens is 2. The van der Waals surface area contributed by atoms with E-state index in [1.54, 1.807) is 12.1 Å². The highest BCUT2D eigenvalue weighted by Crippen LogP contribution is 2.47. The summed E-state index contributed by atoms with van der Waals surface area (Å²) in [5, 5.41) is 0.0851. The van der Waals surface area contributed by atoms with Crippen LogP contribution in [0.3, 0.4) is 0 Å². The number of rotatable bonds is 9. The van der Waals surface area contributed by atoms with Gasteiger partial charge in [0, 0.05) is 16.2 Å². The van der Waals surface area contributed by atoms with Gasteiger partial charge in [0.25, 0.3) is 0 Å². The van der Waals surface area contributed by atoms with Crippen molar-refractivity contribution in [2.75, 3.05) is 4.90 Å². The molecule has 1 aliphatic heterocycles. The predicted molar refractivity (Wildman–Crippen MR) is 167 cm³/mol. The van der Waals surface area contributed by atoms with Crippen LogP contribution in [0.25, 0.3) is 0 Å². The second kappa shape index (κ2) is 12.0. The van der Waals surface area contributed by atoms with Gasteiger partial charge in [-0.05, 0) is 113 Å². The highest BCUT2D eigenvalue weighted by molar-refractivity contribution is 14.1. The van der Waals surface area contributed by atoms with E-state index in [4.69, 9.17) is 9.16 Å². The summed E-state index contributed by atoms with van der Waals surface area (Å²) >= 11 is 2.25. The lowest BCUT2D eigenvalue weighted by molar-refractivity contribution is -0.147. The molecule has 4 rings (SSSR count). The molecule has 212 valence electrons. The molecule has 3 aromatic carbocycles. The van der Waals surface area contributed by atoms with E-state index in [9.17, 15) is 14.0 Å². The Bertz CT molecular complexity index is 1340. The van der Waals surface area contributed by atoms with E-state index in [1.165, 1.54) is 19.1 Å². The standard InChI is InChI=1S/C32H37FINO4Si/c1-21(36)38-29(22-7-11-24(33)12-8-22)20-19-28-30(35(31(28)37)26-15-13-25(34)14-16-26)23-9-17-27(18-10-23)39-40(5,6)32(2,3)4/h7-18,28-30H,19-20H2,1-6H3/t28-,29+,30-/m1/s1. The van der Waals surface area contributed by atoms with Gasteiger partial charge in [0.1, 0.15) is 17.7 Å². The number of β-lactam (4-membered cyclic amide) rings is 1. The summed E-state index contributed by atoms with van der Waals surface area (Å²) in [5.41, 5.74) is 2.58. The molecule has 0 spiro atoms. The third-order valence-electron chi connectivity index (χ3n) is 8.01. The van der Waals surface area contributed by atoms with Crippen LogP contribution in [0, 0.1) is 15.3 Å². The van der Waals surface area contributed by atoms with Crippen molar-refractivity contribution in [2.45, 2.75) is 70.8 Å². The Morgan fingerprint density at radius 1 is 1.00 bits per heavy atom. The summed E-state index contributed by atoms with van der Waals surface area (Å²) in [5.74, 6) is -0.180. The van der Waals surface area contributed by atoms with E-state index < -0.39 is 20.4 Å². The van der Waals surface area contributed by atoms with Gasteiger partial charge < -0.3 is 14.1 Å². The fraction of sp³-hybridized carbons (Fsp3) is 0.375. The lowest BCUT2D eigenvalue weighted by atomic mass is 9.78. The number of anilines is 1. The fourth-order valence-corrected chi connectivity index (χ4v) is 6.18. The summed E-state index contributed by atoms with van der Waals surface area (Å²) in [6.07, 6.45) is 0.409. The Morgan fingerprint density at radius 3 is 2.15 bits per heavy atom. The van der Waals surface area contributed by atoms with E-state index >= 15 is 0 Å². The quantitative estimate of drug-likeness (QED) is 0.0989. The lowest BCUT2D eigenvalue weighted by Gasteiger charge is -2.48. The van der Waals surface area contributed by atoms with Crippen molar-refractivity contribution in [3.05, 3.63) is 93.3 Å². The van der Waals surface area contributed by atoms with Crippen LogP contribution in [-0.4, -0.2) is 20.2 Å². The maximum atomic E-state index is 13.6. The topological polar surface area (TPSA) is 55.8 Å². The SMILES string of the molecule is CC(=O)O[C@@H](CC[C@H]1C(=O)N(c2ccc(I)cc2)[C@@H]1c1ccc(O[Si](C)(C)C(C)(C)C)cc1)c1ccc(F)cc1. The van der Waals surface area contributed by atoms with Crippen LogP contribution in [-0.2, 0) is 14.3 Å². The third kappa shape index (κ3) is 6.76. The summed E-state index contributed by atoms with van der Waals surface area (Å²) in [6, 6.07) is 21.8. The Labute approximate surface area is 251 Å². The normalized spacial score (nSPS) is 18.2. The van der Waals surface area contributed by atoms with Crippen LogP contribution >= 0.6 is 22.6 Å². The number of esters is 1. The van der Waals surface area contributed by atoms with Crippen LogP contribution in [0.5, 0.6) is 5.75 Å². The van der Waals surface area contributed by atoms with Gasteiger partial charge in [-0.2, -0.15) is 0 Å². The van der Waals surface area contributed by atoms with Gasteiger partial charge >= 0.3 is 5.97 Å². The minimum Gasteiger partial charge on any atom is -0.544 e. The molecular weight excluding hydrogens is 636 g/mol. The van der Waals surface area contributed by atoms with Crippen LogP contribution in [0.2, 0.25) is 18.1 Å². The highest BCUT2D eigenvalue weighted by atomic mass is 127. The molecule has 3 atom stereocenters. The largest absolute Gasteiger partial charge is 0.544 e. The molecule has 1 saturated heterocycles. The van der Waals surface area contributed by atoms with E-state index in [0.29, 0.717) is 18.4 Å². The molecule has 0 bridgehead atoms. The number of amides is 1. The first-order valence-electron chi connectivity index (χ1n) is 13.6. The molecule has 3 aromatic rings. The van der Waals surface area contributed by atoms with Crippen molar-refractivity contribution < 1.29 is 23.1 Å². The molecule has 1 aliphatic rings. The maximum Gasteiger partial charge on any atom is 0.303 e. The highest BCUT2D eigenvalue weighted by Gasteiger charge is 2.48. The molecule has 0 saturated carbocycles. The summed E-state index contributed by atoms with van der Waals surface area (Å²) in [6.45, 7) is 12.4. The van der Waals surface area contributed by atoms with Crippen molar-refractivity contribution >= 4 is 48.5 Å². The van der Waals surface area contributed by atoms with Crippen molar-refractivity contribution in [1.29, 1.82) is 0 Å². The molecule has 0 radical (unpaired) electrons. The van der Waals surface area contributed by atoms with Crippen LogP contribution < -0.4 is 9.33 Å². The van der Waals surface area contributed by atoms with E-state index in [1.807, 2.05) is 41.3 Å². The smallest absolute Gasteiger partial charge is 0.303 e. The van der Waals surface area contributed by atoms with Crippen molar-refractivity contribution in [3.8, 4) is 5.75 Å². The number of nitrogens with zero attached hydrogens (tertiary/aromatic N) is 1. The van der Waals surface area contributed by atoms with E-state index in [-0.39, 0.29) is 28.7 Å². The van der Waals surface area contributed by atoms with Crippen molar-refractivity contribution in [1.82, 2.24) is 0 Å². The molecule has 0 unspecified atom stereocenters. The summed E-state index contributed by atoms with van der Waals surface area (Å²) < 4.78 is 26.7. The van der Waals surface area contributed by atoms with Gasteiger partial charge in [-0.15, -0.1) is 0 Å². The number of carbonyl (C=O) groups excluding carboxylic acids is 2. The second-order valence-corrected chi connectivity index (χ2v) is 17.9. The first kappa shape index (κ1) is 30.2. The van der Waals surface area contributed by atoms with E-state index in [2.05, 4.69) is 68.6 Å². The molecule has 5 nitrogen and oxygen atoms in total. The molecule has 1 fully saturated rings. The molecule has 1 amide bonds. The zero-order valence-electron chi connectivity index (χ0n) is 23.9. The Kier molecular flexibility index (Phi) is 9.09. The van der Waals surface area contributed by atoms with Gasteiger partial charge in [-0.25, -0.2) is 4.39 Å². The van der Waals surface area contributed by atoms with Crippen molar-refractivity contribution in [3.63, 3.8) is 0 Å². The molecule has 8 heteroatoms. The zero-order valence-corrected chi connectivity index (χ0v) is 27.1. The first-order valence-corrected chi connectivity index (χ1v) is 17.6. The summed E-state index contributed by atoms with van der Waals surface area (Å²) in [7, 11) is -1.99. The summed E-state index contributed by atoms with van der Waals surface area (Å²) in [4.78, 5) is 27.3. The lowest BCUT2D eigenvalue weighted by Crippen LogP contribution is -2.55. The number of carbonyl (C=O) groups is 2. The first-order chi connectivity index (χ1) is 18.8. The minimum absolute atomic E-state index is 0.0356. The van der Waals surface area contributed by atoms with Gasteiger partial charge in [-0.1, -0.05) is 45.0 Å². The Hall–Kier alpha value is -2.72. The van der Waals surface area contributed by atoms with E-state index in [0.717, 1.165) is 20.6 Å². The number of benzene rings is 3. The zero-order chi connectivity index (χ0) is 29.2. The molecular formula is C32H37FINO4Si. The number of hydrogen-bond acceptors (Lipinski definition) is 4. The van der Waals surface area contributed by atoms with Crippen molar-refractivity contribution in [2.24, 2.45) is 5.92 Å². The Morgan fingerprint density at radius 2 is 1.60 bits per heavy atom. The fourth-order valence-electron chi connectivity index (χ4n) is 4.78. The number of ether oxygens (including phenoxy) is 1. The van der Waals surface area contributed by atoms with Gasteiger partial charge in [-0.3, -0.25) is 9.59 Å². The molecule has 0 aliphatic carbocycles. The molecule has 0 aromatic heterocycles. The molecule has 1 heterocycles. The maximum absolute atomic E-state index is 13.6. The average Bonchev–Trinajstić information content (AvgIpc) is 2.88. The molecule has 40 heavy (non-hydrogen) atoms. The minimum atomic E-state index is -1.99. The second-order valence-electron chi connectivity index (χ2n) is 11.9. The predicted octanol–water partition coefficient (Wildman–Crippen LogP) is 8.60. The molecule has 0 N–H and O–H groups in total. The van der Waals surface area contributed by atoms with Crippen LogP contribution in [0.1, 0.15) is 63.8 Å². The van der Waals surface area contributed by atoms with Gasteiger partial charge in [0.15, 0.2) is 0 Å². The average molecular weight is 674 g/mol. The third-order valence-corrected chi connectivity index (χ3v) is 13.1.